The Morgan fingerprint density at radius 2 is 1.15 bits per heavy atom. The van der Waals surface area contributed by atoms with Crippen LogP contribution in [0, 0.1) is 5.92 Å². The number of benzene rings is 3. The van der Waals surface area contributed by atoms with Crippen LogP contribution in [0.4, 0.5) is 89.8 Å². The molecule has 3 aromatic rings. The van der Waals surface area contributed by atoms with Gasteiger partial charge in [-0.1, -0.05) is 94.8 Å². The van der Waals surface area contributed by atoms with Crippen molar-refractivity contribution in [3.8, 4) is 5.75 Å². The standard InChI is InChI=1S/C43H51N2O.C6F18P/c1-9-10-27-46-34-23-19-31(20-24-34)41-32(21-25-39-42(3,4)35-15-11-13-17-37(35)44(39)7)28-30(2)29-33(41)22-26-40-43(5,6)36-16-12-14-18-38(36)45(40)8;7-1(8,9)4(16,17)25(22,23,24,5(18,19)2(10,11)12)6(20,21)3(13,14)15/h11-26,30H,9-10,27-29H2,1-8H3;/q+1;-1. The van der Waals surface area contributed by atoms with Crippen molar-refractivity contribution in [2.24, 2.45) is 5.92 Å². The summed E-state index contributed by atoms with van der Waals surface area (Å²) in [6.45, 7) is -0.257. The Kier molecular flexibility index (Phi) is 14.4. The van der Waals surface area contributed by atoms with Gasteiger partial charge in [0.25, 0.3) is 0 Å². The molecule has 2 aliphatic heterocycles. The molecular weight excluding hydrogens is 1010 g/mol. The van der Waals surface area contributed by atoms with E-state index in [1.165, 1.54) is 56.2 Å². The van der Waals surface area contributed by atoms with Crippen LogP contribution in [0.1, 0.15) is 83.9 Å². The van der Waals surface area contributed by atoms with Crippen molar-refractivity contribution < 1.29 is 87.8 Å². The Morgan fingerprint density at radius 3 is 1.63 bits per heavy atom. The number of ether oxygens (including phenoxy) is 1. The van der Waals surface area contributed by atoms with Gasteiger partial charge in [0.2, 0.25) is 5.69 Å². The SMILES string of the molecule is CCCCOc1ccc(C2=C(/C=C/C3=[N+](C)c4ccccc4C3(C)C)CC(C)C/C2=C\C=C2/N(C)c3ccccc3C2(C)C)cc1.FC(F)(F)C(F)(F)[P-](F)(F)(F)(C(F)(F)C(F)(F)F)C(F)(F)C(F)(F)F. The van der Waals surface area contributed by atoms with Gasteiger partial charge in [0.15, 0.2) is 5.71 Å². The first-order chi connectivity index (χ1) is 32.1. The molecule has 0 radical (unpaired) electrons. The third-order valence-electron chi connectivity index (χ3n) is 13.3. The molecule has 394 valence electrons. The first kappa shape index (κ1) is 57.0. The second kappa shape index (κ2) is 17.9. The molecule has 1 atom stereocenters. The van der Waals surface area contributed by atoms with Gasteiger partial charge >= 0.3 is 121 Å². The van der Waals surface area contributed by atoms with E-state index in [1.807, 2.05) is 0 Å². The molecule has 0 saturated heterocycles. The number of rotatable bonds is 11. The van der Waals surface area contributed by atoms with Crippen molar-refractivity contribution in [3.05, 3.63) is 131 Å². The number of halogens is 18. The molecule has 6 rings (SSSR count). The molecule has 22 heteroatoms. The van der Waals surface area contributed by atoms with Crippen LogP contribution in [0.15, 0.2) is 114 Å². The maximum atomic E-state index is 13.4. The number of para-hydroxylation sites is 2. The Morgan fingerprint density at radius 1 is 0.662 bits per heavy atom. The summed E-state index contributed by atoms with van der Waals surface area (Å²) in [6, 6.07) is 26.5. The van der Waals surface area contributed by atoms with E-state index in [4.69, 9.17) is 4.74 Å². The number of hydrogen-bond donors (Lipinski definition) is 0. The topological polar surface area (TPSA) is 15.5 Å². The Hall–Kier alpha value is -4.94. The molecule has 0 N–H and O–H groups in total. The molecule has 1 unspecified atom stereocenters. The first-order valence-electron chi connectivity index (χ1n) is 21.9. The predicted molar refractivity (Wildman–Crippen MR) is 239 cm³/mol. The number of alkyl halides is 15. The van der Waals surface area contributed by atoms with Crippen LogP contribution in [-0.4, -0.2) is 66.5 Å². The minimum absolute atomic E-state index is 0.0585. The summed E-state index contributed by atoms with van der Waals surface area (Å²) in [4.78, 5) is 2.37. The van der Waals surface area contributed by atoms with Crippen molar-refractivity contribution in [2.45, 2.75) is 114 Å². The molecule has 0 spiro atoms. The Balaban J connectivity index is 0.000000320. The van der Waals surface area contributed by atoms with Crippen molar-refractivity contribution in [3.63, 3.8) is 0 Å². The average Bonchev–Trinajstić information content (AvgIpc) is 3.57. The molecule has 71 heavy (non-hydrogen) atoms. The van der Waals surface area contributed by atoms with E-state index in [0.717, 1.165) is 38.0 Å². The number of anilines is 1. The number of unbranched alkanes of at least 4 members (excludes halogenated alkanes) is 1. The quantitative estimate of drug-likeness (QED) is 0.0823. The summed E-state index contributed by atoms with van der Waals surface area (Å²) in [5.74, 6) is 1.49. The molecule has 3 aliphatic rings. The van der Waals surface area contributed by atoms with Crippen LogP contribution < -0.4 is 9.64 Å². The van der Waals surface area contributed by atoms with Gasteiger partial charge in [-0.3, -0.25) is 0 Å². The Bertz CT molecular complexity index is 2600. The average molecular weight is 1060 g/mol. The molecule has 3 nitrogen and oxygen atoms in total. The monoisotopic (exact) mass is 1060 g/mol. The van der Waals surface area contributed by atoms with Gasteiger partial charge in [-0.25, -0.2) is 0 Å². The van der Waals surface area contributed by atoms with E-state index >= 15 is 0 Å². The zero-order valence-corrected chi connectivity index (χ0v) is 40.3. The van der Waals surface area contributed by atoms with E-state index in [9.17, 15) is 78.4 Å². The molecule has 3 aromatic carbocycles. The van der Waals surface area contributed by atoms with Crippen LogP contribution in [0.25, 0.3) is 5.57 Å². The van der Waals surface area contributed by atoms with Gasteiger partial charge in [0, 0.05) is 41.6 Å². The molecule has 2 heterocycles. The Labute approximate surface area is 398 Å². The van der Waals surface area contributed by atoms with Crippen LogP contribution in [0.3, 0.4) is 0 Å². The summed E-state index contributed by atoms with van der Waals surface area (Å²) in [6.07, 6.45) is -12.2. The second-order valence-electron chi connectivity index (χ2n) is 18.9. The number of nitrogens with zero attached hydrogens (tertiary/aromatic N) is 2. The number of fused-ring (bicyclic) bond motifs is 2. The molecule has 0 aromatic heterocycles. The first-order valence-corrected chi connectivity index (χ1v) is 24.3. The van der Waals surface area contributed by atoms with Crippen LogP contribution in [0.5, 0.6) is 5.75 Å². The number of likely N-dealkylation sites (N-methyl/N-ethyl adjacent to an activating group) is 1. The van der Waals surface area contributed by atoms with E-state index in [2.05, 4.69) is 162 Å². The van der Waals surface area contributed by atoms with Gasteiger partial charge in [-0.05, 0) is 91.1 Å². The summed E-state index contributed by atoms with van der Waals surface area (Å²) in [5, 5.41) is 0. The van der Waals surface area contributed by atoms with Crippen molar-refractivity contribution in [1.29, 1.82) is 0 Å². The predicted octanol–water partition coefficient (Wildman–Crippen LogP) is 17.7. The fourth-order valence-corrected chi connectivity index (χ4v) is 11.9. The molecule has 1 aliphatic carbocycles. The third-order valence-corrected chi connectivity index (χ3v) is 17.6. The minimum atomic E-state index is -15.0. The van der Waals surface area contributed by atoms with E-state index in [-0.39, 0.29) is 10.8 Å². The van der Waals surface area contributed by atoms with Crippen molar-refractivity contribution in [1.82, 2.24) is 0 Å². The van der Waals surface area contributed by atoms with Gasteiger partial charge in [0.1, 0.15) is 12.8 Å². The second-order valence-corrected chi connectivity index (χ2v) is 23.2. The molecular formula is C49H51F18N2OP. The van der Waals surface area contributed by atoms with Gasteiger partial charge in [0.05, 0.1) is 12.0 Å². The molecule has 0 amide bonds. The normalized spacial score (nSPS) is 21.0. The van der Waals surface area contributed by atoms with Gasteiger partial charge in [-0.2, -0.15) is 4.58 Å². The molecule has 0 fully saturated rings. The number of allylic oxidation sites excluding steroid dienone is 8. The number of hydrogen-bond acceptors (Lipinski definition) is 2. The van der Waals surface area contributed by atoms with Crippen LogP contribution in [0.2, 0.25) is 0 Å². The fraction of sp³-hybridized carbons (Fsp3) is 0.449. The summed E-state index contributed by atoms with van der Waals surface area (Å²) >= 11 is 0. The van der Waals surface area contributed by atoms with Crippen molar-refractivity contribution in [2.75, 3.05) is 25.6 Å². The zero-order valence-electron chi connectivity index (χ0n) is 39.4. The van der Waals surface area contributed by atoms with Gasteiger partial charge < -0.3 is 9.64 Å². The van der Waals surface area contributed by atoms with E-state index in [1.54, 1.807) is 0 Å². The zero-order chi connectivity index (χ0) is 54.0. The van der Waals surface area contributed by atoms with Gasteiger partial charge in [-0.15, -0.1) is 0 Å². The third kappa shape index (κ3) is 8.54. The van der Waals surface area contributed by atoms with E-state index in [0.29, 0.717) is 5.92 Å². The summed E-state index contributed by atoms with van der Waals surface area (Å²) < 4.78 is 231. The maximum absolute atomic E-state index is 15.0. The van der Waals surface area contributed by atoms with Crippen molar-refractivity contribution >= 4 is 29.5 Å². The van der Waals surface area contributed by atoms with E-state index < -0.39 is 42.4 Å². The van der Waals surface area contributed by atoms with Crippen LogP contribution in [-0.2, 0) is 10.8 Å². The summed E-state index contributed by atoms with van der Waals surface area (Å²) in [7, 11) is 4.41. The summed E-state index contributed by atoms with van der Waals surface area (Å²) in [5.41, 5.74) is -15.9. The molecule has 0 saturated carbocycles. The van der Waals surface area contributed by atoms with Crippen LogP contribution >= 0.6 is 6.88 Å². The molecule has 0 bridgehead atoms. The fourth-order valence-electron chi connectivity index (χ4n) is 9.26.